The summed E-state index contributed by atoms with van der Waals surface area (Å²) in [5, 5.41) is 16.7. The van der Waals surface area contributed by atoms with Crippen LogP contribution in [0.25, 0.3) is 4.96 Å². The zero-order chi connectivity index (χ0) is 11.5. The van der Waals surface area contributed by atoms with Crippen molar-refractivity contribution in [1.29, 1.82) is 0 Å². The first-order chi connectivity index (χ1) is 7.72. The van der Waals surface area contributed by atoms with Crippen LogP contribution >= 0.6 is 11.3 Å². The molecule has 0 radical (unpaired) electrons. The number of rotatable bonds is 4. The first kappa shape index (κ1) is 11.0. The summed E-state index contributed by atoms with van der Waals surface area (Å²) in [5.41, 5.74) is 0. The molecule has 0 fully saturated rings. The molecule has 2 rings (SSSR count). The van der Waals surface area contributed by atoms with E-state index in [1.54, 1.807) is 0 Å². The molecule has 0 bridgehead atoms. The van der Waals surface area contributed by atoms with Crippen molar-refractivity contribution in [2.45, 2.75) is 26.3 Å². The monoisotopic (exact) mass is 235 g/mol. The van der Waals surface area contributed by atoms with Gasteiger partial charge >= 0.3 is 0 Å². The molecule has 0 aromatic carbocycles. The number of nitrogens with zero attached hydrogens (tertiary/aromatic N) is 4. The summed E-state index contributed by atoms with van der Waals surface area (Å²) >= 11 is 1.53. The van der Waals surface area contributed by atoms with Crippen molar-refractivity contribution in [2.75, 3.05) is 6.54 Å². The third-order valence-corrected chi connectivity index (χ3v) is 2.98. The van der Waals surface area contributed by atoms with Crippen LogP contribution in [0.15, 0.2) is 0 Å². The van der Waals surface area contributed by atoms with Gasteiger partial charge in [-0.05, 0) is 0 Å². The van der Waals surface area contributed by atoms with Crippen molar-refractivity contribution in [2.24, 2.45) is 0 Å². The molecule has 0 unspecified atom stereocenters. The molecule has 0 saturated heterocycles. The Morgan fingerprint density at radius 1 is 1.50 bits per heavy atom. The fourth-order valence-corrected chi connectivity index (χ4v) is 2.15. The number of hydrogen-bond acceptors (Lipinski definition) is 5. The van der Waals surface area contributed by atoms with Gasteiger partial charge in [0.05, 0.1) is 13.1 Å². The van der Waals surface area contributed by atoms with E-state index in [2.05, 4.69) is 40.4 Å². The normalized spacial score (nSPS) is 11.1. The molecule has 2 heterocycles. The minimum atomic E-state index is 0.323. The molecule has 84 valence electrons. The summed E-state index contributed by atoms with van der Waals surface area (Å²) in [4.78, 5) is 0.834. The first-order valence-corrected chi connectivity index (χ1v) is 5.89. The maximum atomic E-state index is 5.15. The Bertz CT molecular complexity index is 519. The second kappa shape index (κ2) is 4.60. The van der Waals surface area contributed by atoms with E-state index in [0.717, 1.165) is 15.8 Å². The van der Waals surface area contributed by atoms with Crippen molar-refractivity contribution in [3.8, 4) is 12.3 Å². The Hall–Kier alpha value is -1.45. The summed E-state index contributed by atoms with van der Waals surface area (Å²) in [5.74, 6) is 3.75. The van der Waals surface area contributed by atoms with Crippen LogP contribution in [-0.4, -0.2) is 26.4 Å². The summed E-state index contributed by atoms with van der Waals surface area (Å²) in [6.45, 7) is 5.38. The van der Waals surface area contributed by atoms with E-state index in [9.17, 15) is 0 Å². The molecule has 0 aliphatic heterocycles. The van der Waals surface area contributed by atoms with Crippen LogP contribution in [0, 0.1) is 12.3 Å². The Morgan fingerprint density at radius 2 is 2.31 bits per heavy atom. The minimum absolute atomic E-state index is 0.323. The van der Waals surface area contributed by atoms with Gasteiger partial charge in [0.1, 0.15) is 5.01 Å². The zero-order valence-electron chi connectivity index (χ0n) is 9.27. The highest BCUT2D eigenvalue weighted by atomic mass is 32.1. The van der Waals surface area contributed by atoms with Gasteiger partial charge in [-0.25, -0.2) is 0 Å². The molecule has 2 aromatic rings. The fraction of sp³-hybridized carbons (Fsp3) is 0.500. The smallest absolute Gasteiger partial charge is 0.234 e. The van der Waals surface area contributed by atoms with Gasteiger partial charge in [-0.2, -0.15) is 9.61 Å². The van der Waals surface area contributed by atoms with Gasteiger partial charge in [0.25, 0.3) is 0 Å². The number of aromatic nitrogens is 4. The predicted octanol–water partition coefficient (Wildman–Crippen LogP) is 1.03. The molecule has 0 saturated carbocycles. The second-order valence-corrected chi connectivity index (χ2v) is 4.75. The molecule has 2 aromatic heterocycles. The lowest BCUT2D eigenvalue weighted by Gasteiger charge is -1.98. The Balaban J connectivity index is 2.21. The molecule has 16 heavy (non-hydrogen) atoms. The highest BCUT2D eigenvalue weighted by Gasteiger charge is 2.13. The van der Waals surface area contributed by atoms with E-state index < -0.39 is 0 Å². The average Bonchev–Trinajstić information content (AvgIpc) is 2.76. The molecule has 0 atom stereocenters. The lowest BCUT2D eigenvalue weighted by atomic mass is 10.2. The molecule has 0 aliphatic rings. The van der Waals surface area contributed by atoms with E-state index in [-0.39, 0.29) is 0 Å². The standard InChI is InChI=1S/C10H13N5S/c1-4-5-11-6-8-14-15-9(7(2)3)12-13-10(15)16-8/h1,7,11H,5-6H2,2-3H3. The van der Waals surface area contributed by atoms with E-state index in [1.807, 2.05) is 4.52 Å². The Kier molecular flexibility index (Phi) is 3.17. The third-order valence-electron chi connectivity index (χ3n) is 2.08. The lowest BCUT2D eigenvalue weighted by molar-refractivity contribution is 0.698. The molecule has 0 spiro atoms. The molecule has 1 N–H and O–H groups in total. The maximum Gasteiger partial charge on any atom is 0.234 e. The number of terminal acetylenes is 1. The summed E-state index contributed by atoms with van der Waals surface area (Å²) < 4.78 is 1.81. The van der Waals surface area contributed by atoms with Crippen LogP contribution in [0.3, 0.4) is 0 Å². The molecular formula is C10H13N5S. The average molecular weight is 235 g/mol. The first-order valence-electron chi connectivity index (χ1n) is 5.07. The molecular weight excluding hydrogens is 222 g/mol. The van der Waals surface area contributed by atoms with Crippen LogP contribution in [0.2, 0.25) is 0 Å². The van der Waals surface area contributed by atoms with Crippen molar-refractivity contribution in [1.82, 2.24) is 25.1 Å². The highest BCUT2D eigenvalue weighted by Crippen LogP contribution is 2.18. The van der Waals surface area contributed by atoms with Gasteiger partial charge < -0.3 is 0 Å². The predicted molar refractivity (Wildman–Crippen MR) is 63.3 cm³/mol. The van der Waals surface area contributed by atoms with E-state index in [0.29, 0.717) is 19.0 Å². The Morgan fingerprint density at radius 3 is 3.00 bits per heavy atom. The van der Waals surface area contributed by atoms with Crippen molar-refractivity contribution in [3.05, 3.63) is 10.8 Å². The number of fused-ring (bicyclic) bond motifs is 1. The van der Waals surface area contributed by atoms with Gasteiger partial charge in [-0.3, -0.25) is 5.32 Å². The van der Waals surface area contributed by atoms with Crippen LogP contribution in [0.4, 0.5) is 0 Å². The highest BCUT2D eigenvalue weighted by molar-refractivity contribution is 7.16. The molecule has 0 aliphatic carbocycles. The van der Waals surface area contributed by atoms with Gasteiger partial charge in [0.15, 0.2) is 5.82 Å². The number of nitrogens with one attached hydrogen (secondary N) is 1. The minimum Gasteiger partial charge on any atom is -0.300 e. The largest absolute Gasteiger partial charge is 0.300 e. The Labute approximate surface area is 97.9 Å². The van der Waals surface area contributed by atoms with Crippen LogP contribution in [0.1, 0.15) is 30.6 Å². The van der Waals surface area contributed by atoms with Crippen molar-refractivity contribution in [3.63, 3.8) is 0 Å². The fourth-order valence-electron chi connectivity index (χ4n) is 1.34. The van der Waals surface area contributed by atoms with Gasteiger partial charge in [0.2, 0.25) is 4.96 Å². The summed E-state index contributed by atoms with van der Waals surface area (Å²) in [7, 11) is 0. The third kappa shape index (κ3) is 2.05. The zero-order valence-corrected chi connectivity index (χ0v) is 10.1. The van der Waals surface area contributed by atoms with Crippen molar-refractivity contribution >= 4 is 16.3 Å². The van der Waals surface area contributed by atoms with E-state index in [4.69, 9.17) is 6.42 Å². The molecule has 6 heteroatoms. The van der Waals surface area contributed by atoms with Gasteiger partial charge in [0, 0.05) is 5.92 Å². The van der Waals surface area contributed by atoms with Crippen LogP contribution in [-0.2, 0) is 6.54 Å². The topological polar surface area (TPSA) is 55.1 Å². The summed E-state index contributed by atoms with van der Waals surface area (Å²) in [6.07, 6.45) is 5.15. The maximum absolute atomic E-state index is 5.15. The second-order valence-electron chi connectivity index (χ2n) is 3.71. The van der Waals surface area contributed by atoms with Gasteiger partial charge in [-0.15, -0.1) is 16.6 Å². The van der Waals surface area contributed by atoms with E-state index in [1.165, 1.54) is 11.3 Å². The van der Waals surface area contributed by atoms with Crippen molar-refractivity contribution < 1.29 is 0 Å². The quantitative estimate of drug-likeness (QED) is 0.635. The van der Waals surface area contributed by atoms with Gasteiger partial charge in [-0.1, -0.05) is 31.1 Å². The lowest BCUT2D eigenvalue weighted by Crippen LogP contribution is -2.13. The molecule has 0 amide bonds. The number of hydrogen-bond donors (Lipinski definition) is 1. The summed E-state index contributed by atoms with van der Waals surface area (Å²) in [6, 6.07) is 0. The molecule has 5 nitrogen and oxygen atoms in total. The van der Waals surface area contributed by atoms with Crippen LogP contribution < -0.4 is 5.32 Å². The van der Waals surface area contributed by atoms with Crippen LogP contribution in [0.5, 0.6) is 0 Å². The van der Waals surface area contributed by atoms with E-state index >= 15 is 0 Å². The SMILES string of the molecule is C#CCNCc1nn2c(C(C)C)nnc2s1.